The topological polar surface area (TPSA) is 57.0 Å². The van der Waals surface area contributed by atoms with Gasteiger partial charge in [-0.15, -0.1) is 0 Å². The van der Waals surface area contributed by atoms with E-state index in [1.165, 1.54) is 0 Å². The van der Waals surface area contributed by atoms with E-state index in [0.717, 1.165) is 33.0 Å². The summed E-state index contributed by atoms with van der Waals surface area (Å²) in [5.74, 6) is -0.269. The molecule has 0 amide bonds. The summed E-state index contributed by atoms with van der Waals surface area (Å²) in [6.07, 6.45) is 0. The van der Waals surface area contributed by atoms with Crippen molar-refractivity contribution in [2.75, 3.05) is 6.61 Å². The van der Waals surface area contributed by atoms with Crippen molar-refractivity contribution in [2.45, 2.75) is 20.4 Å². The molecule has 0 aliphatic rings. The lowest BCUT2D eigenvalue weighted by Crippen LogP contribution is -2.14. The second-order valence-corrected chi connectivity index (χ2v) is 5.75. The number of fused-ring (bicyclic) bond motifs is 4. The highest BCUT2D eigenvalue weighted by Crippen LogP contribution is 2.30. The highest BCUT2D eigenvalue weighted by atomic mass is 16.5. The molecule has 0 aliphatic carbocycles. The summed E-state index contributed by atoms with van der Waals surface area (Å²) in [5, 5.41) is 1.01. The van der Waals surface area contributed by atoms with E-state index in [1.807, 2.05) is 60.9 Å². The molecular formula is C19H17N3O2. The van der Waals surface area contributed by atoms with Gasteiger partial charge in [0.1, 0.15) is 12.1 Å². The molecule has 4 aromatic rings. The van der Waals surface area contributed by atoms with Crippen LogP contribution < -0.4 is 0 Å². The summed E-state index contributed by atoms with van der Waals surface area (Å²) in [4.78, 5) is 21.6. The number of hydrogen-bond donors (Lipinski definition) is 0. The first-order chi connectivity index (χ1) is 11.7. The van der Waals surface area contributed by atoms with Gasteiger partial charge in [0.2, 0.25) is 0 Å². The number of benzene rings is 2. The van der Waals surface area contributed by atoms with Crippen LogP contribution in [0.3, 0.4) is 0 Å². The van der Waals surface area contributed by atoms with Crippen molar-refractivity contribution in [3.8, 4) is 0 Å². The number of nitrogens with zero attached hydrogens (tertiary/aromatic N) is 3. The number of para-hydroxylation sites is 3. The Morgan fingerprint density at radius 2 is 1.83 bits per heavy atom. The third-order valence-corrected chi connectivity index (χ3v) is 4.16. The van der Waals surface area contributed by atoms with Crippen molar-refractivity contribution in [1.29, 1.82) is 0 Å². The van der Waals surface area contributed by atoms with E-state index in [4.69, 9.17) is 14.7 Å². The Morgan fingerprint density at radius 3 is 2.58 bits per heavy atom. The molecule has 0 fully saturated rings. The number of rotatable bonds is 3. The number of carbonyl (C=O) groups is 1. The van der Waals surface area contributed by atoms with Crippen LogP contribution >= 0.6 is 0 Å². The molecule has 4 rings (SSSR count). The number of carbonyl (C=O) groups excluding carboxylic acids is 1. The summed E-state index contributed by atoms with van der Waals surface area (Å²) in [5.41, 5.74) is 5.26. The fourth-order valence-electron chi connectivity index (χ4n) is 3.16. The summed E-state index contributed by atoms with van der Waals surface area (Å²) < 4.78 is 7.05. The third kappa shape index (κ3) is 2.21. The molecule has 5 heteroatoms. The standard InChI is InChI=1S/C19H17N3O2/c1-3-24-16(23)11-22-18-12(2)7-6-8-13(18)17-19(22)21-15-10-5-4-9-14(15)20-17/h4-10H,3,11H2,1-2H3. The lowest BCUT2D eigenvalue weighted by atomic mass is 10.1. The molecule has 0 saturated carbocycles. The maximum absolute atomic E-state index is 12.1. The SMILES string of the molecule is CCOC(=O)Cn1c2nc3ccccc3nc2c2cccc(C)c21. The van der Waals surface area contributed by atoms with Gasteiger partial charge in [-0.1, -0.05) is 30.3 Å². The minimum Gasteiger partial charge on any atom is -0.465 e. The number of aryl methyl sites for hydroxylation is 1. The van der Waals surface area contributed by atoms with Crippen molar-refractivity contribution in [3.63, 3.8) is 0 Å². The second-order valence-electron chi connectivity index (χ2n) is 5.75. The maximum atomic E-state index is 12.1. The van der Waals surface area contributed by atoms with Crippen molar-refractivity contribution < 1.29 is 9.53 Å². The molecule has 0 bridgehead atoms. The van der Waals surface area contributed by atoms with Gasteiger partial charge in [0, 0.05) is 5.39 Å². The summed E-state index contributed by atoms with van der Waals surface area (Å²) in [7, 11) is 0. The van der Waals surface area contributed by atoms with Crippen LogP contribution in [0, 0.1) is 6.92 Å². The Kier molecular flexibility index (Phi) is 3.41. The average Bonchev–Trinajstić information content (AvgIpc) is 2.88. The summed E-state index contributed by atoms with van der Waals surface area (Å²) in [6.45, 7) is 4.33. The van der Waals surface area contributed by atoms with Crippen LogP contribution in [0.1, 0.15) is 12.5 Å². The second kappa shape index (κ2) is 5.60. The van der Waals surface area contributed by atoms with Gasteiger partial charge in [-0.05, 0) is 31.5 Å². The molecule has 2 aromatic heterocycles. The van der Waals surface area contributed by atoms with Crippen LogP contribution in [0.15, 0.2) is 42.5 Å². The van der Waals surface area contributed by atoms with Gasteiger partial charge in [-0.2, -0.15) is 0 Å². The lowest BCUT2D eigenvalue weighted by Gasteiger charge is -2.08. The van der Waals surface area contributed by atoms with Gasteiger partial charge in [0.25, 0.3) is 0 Å². The first-order valence-corrected chi connectivity index (χ1v) is 7.99. The van der Waals surface area contributed by atoms with Gasteiger partial charge in [-0.25, -0.2) is 9.97 Å². The fraction of sp³-hybridized carbons (Fsp3) is 0.211. The molecule has 0 saturated heterocycles. The Hall–Kier alpha value is -2.95. The number of ether oxygens (including phenoxy) is 1. The third-order valence-electron chi connectivity index (χ3n) is 4.16. The highest BCUT2D eigenvalue weighted by molar-refractivity contribution is 6.08. The molecule has 24 heavy (non-hydrogen) atoms. The minimum absolute atomic E-state index is 0.131. The predicted molar refractivity (Wildman–Crippen MR) is 93.9 cm³/mol. The molecule has 2 aromatic carbocycles. The maximum Gasteiger partial charge on any atom is 0.326 e. The first kappa shape index (κ1) is 14.6. The van der Waals surface area contributed by atoms with Crippen LogP contribution in [0.5, 0.6) is 0 Å². The number of esters is 1. The molecule has 2 heterocycles. The molecule has 0 atom stereocenters. The highest BCUT2D eigenvalue weighted by Gasteiger charge is 2.18. The number of hydrogen-bond acceptors (Lipinski definition) is 4. The Morgan fingerprint density at radius 1 is 1.08 bits per heavy atom. The Balaban J connectivity index is 2.08. The van der Waals surface area contributed by atoms with Crippen LogP contribution in [0.2, 0.25) is 0 Å². The minimum atomic E-state index is -0.269. The zero-order chi connectivity index (χ0) is 16.7. The van der Waals surface area contributed by atoms with Gasteiger partial charge >= 0.3 is 5.97 Å². The smallest absolute Gasteiger partial charge is 0.326 e. The molecule has 0 N–H and O–H groups in total. The van der Waals surface area contributed by atoms with Crippen LogP contribution in [0.25, 0.3) is 33.1 Å². The summed E-state index contributed by atoms with van der Waals surface area (Å²) in [6, 6.07) is 13.8. The quantitative estimate of drug-likeness (QED) is 0.541. The Bertz CT molecular complexity index is 1080. The zero-order valence-corrected chi connectivity index (χ0v) is 13.6. The van der Waals surface area contributed by atoms with Crippen LogP contribution in [-0.2, 0) is 16.1 Å². The van der Waals surface area contributed by atoms with Gasteiger partial charge in [-0.3, -0.25) is 4.79 Å². The fourth-order valence-corrected chi connectivity index (χ4v) is 3.16. The van der Waals surface area contributed by atoms with Crippen molar-refractivity contribution >= 4 is 39.1 Å². The van der Waals surface area contributed by atoms with Gasteiger partial charge in [0.05, 0.1) is 23.2 Å². The molecule has 120 valence electrons. The van der Waals surface area contributed by atoms with Crippen LogP contribution in [0.4, 0.5) is 0 Å². The van der Waals surface area contributed by atoms with Gasteiger partial charge in [0.15, 0.2) is 5.65 Å². The van der Waals surface area contributed by atoms with Crippen molar-refractivity contribution in [1.82, 2.24) is 14.5 Å². The van der Waals surface area contributed by atoms with E-state index >= 15 is 0 Å². The molecule has 0 aliphatic heterocycles. The first-order valence-electron chi connectivity index (χ1n) is 7.99. The molecule has 0 radical (unpaired) electrons. The lowest BCUT2D eigenvalue weighted by molar-refractivity contribution is -0.143. The number of aromatic nitrogens is 3. The van der Waals surface area contributed by atoms with E-state index < -0.39 is 0 Å². The zero-order valence-electron chi connectivity index (χ0n) is 13.6. The van der Waals surface area contributed by atoms with E-state index in [1.54, 1.807) is 0 Å². The van der Waals surface area contributed by atoms with E-state index in [-0.39, 0.29) is 12.5 Å². The van der Waals surface area contributed by atoms with Crippen molar-refractivity contribution in [2.24, 2.45) is 0 Å². The van der Waals surface area contributed by atoms with Gasteiger partial charge < -0.3 is 9.30 Å². The van der Waals surface area contributed by atoms with E-state index in [9.17, 15) is 4.79 Å². The summed E-state index contributed by atoms with van der Waals surface area (Å²) >= 11 is 0. The van der Waals surface area contributed by atoms with Crippen molar-refractivity contribution in [3.05, 3.63) is 48.0 Å². The van der Waals surface area contributed by atoms with Crippen LogP contribution in [-0.4, -0.2) is 27.1 Å². The largest absolute Gasteiger partial charge is 0.465 e. The normalized spacial score (nSPS) is 11.4. The molecular weight excluding hydrogens is 302 g/mol. The van der Waals surface area contributed by atoms with E-state index in [2.05, 4.69) is 0 Å². The monoisotopic (exact) mass is 319 g/mol. The molecule has 0 spiro atoms. The van der Waals surface area contributed by atoms with E-state index in [0.29, 0.717) is 12.3 Å². The predicted octanol–water partition coefficient (Wildman–Crippen LogP) is 3.61. The molecule has 0 unspecified atom stereocenters. The average molecular weight is 319 g/mol. The Labute approximate surface area is 138 Å². The molecule has 5 nitrogen and oxygen atoms in total.